The van der Waals surface area contributed by atoms with Crippen LogP contribution in [0.5, 0.6) is 5.88 Å². The molecule has 0 aromatic carbocycles. The summed E-state index contributed by atoms with van der Waals surface area (Å²) >= 11 is 0. The van der Waals surface area contributed by atoms with Gasteiger partial charge in [0.1, 0.15) is 6.10 Å². The number of nitrogens with zero attached hydrogens (tertiary/aromatic N) is 2. The molecule has 1 aliphatic carbocycles. The van der Waals surface area contributed by atoms with Gasteiger partial charge in [0.15, 0.2) is 0 Å². The van der Waals surface area contributed by atoms with Gasteiger partial charge in [-0.3, -0.25) is 9.59 Å². The number of carboxylic acids is 1. The van der Waals surface area contributed by atoms with Crippen LogP contribution in [0.25, 0.3) is 0 Å². The van der Waals surface area contributed by atoms with Crippen LogP contribution in [0.2, 0.25) is 0 Å². The van der Waals surface area contributed by atoms with Crippen LogP contribution in [0.15, 0.2) is 18.3 Å². The maximum absolute atomic E-state index is 12.6. The molecular formula is C16H20N2O5. The quantitative estimate of drug-likeness (QED) is 0.880. The van der Waals surface area contributed by atoms with Gasteiger partial charge in [-0.15, -0.1) is 0 Å². The fourth-order valence-electron chi connectivity index (χ4n) is 2.67. The molecule has 2 fully saturated rings. The van der Waals surface area contributed by atoms with E-state index in [0.717, 1.165) is 12.8 Å². The minimum absolute atomic E-state index is 0.101. The number of hydrogen-bond acceptors (Lipinski definition) is 5. The van der Waals surface area contributed by atoms with Crippen molar-refractivity contribution in [1.82, 2.24) is 9.88 Å². The molecule has 7 heteroatoms. The van der Waals surface area contributed by atoms with Crippen molar-refractivity contribution in [2.45, 2.75) is 37.9 Å². The number of carboxylic acid groups (broad SMARTS) is 1. The lowest BCUT2D eigenvalue weighted by Crippen LogP contribution is -2.46. The maximum Gasteiger partial charge on any atom is 0.306 e. The summed E-state index contributed by atoms with van der Waals surface area (Å²) in [4.78, 5) is 29.2. The van der Waals surface area contributed by atoms with Gasteiger partial charge in [-0.2, -0.15) is 0 Å². The highest BCUT2D eigenvalue weighted by Crippen LogP contribution is 2.24. The minimum atomic E-state index is -0.926. The van der Waals surface area contributed by atoms with Gasteiger partial charge in [0.05, 0.1) is 19.1 Å². The van der Waals surface area contributed by atoms with Gasteiger partial charge in [0.2, 0.25) is 5.88 Å². The van der Waals surface area contributed by atoms with Crippen molar-refractivity contribution in [1.29, 1.82) is 0 Å². The van der Waals surface area contributed by atoms with E-state index in [2.05, 4.69) is 4.98 Å². The number of carbonyl (C=O) groups excluding carboxylic acids is 1. The number of carbonyl (C=O) groups is 2. The highest BCUT2D eigenvalue weighted by molar-refractivity contribution is 5.94. The molecule has 1 saturated heterocycles. The summed E-state index contributed by atoms with van der Waals surface area (Å²) in [6.07, 6.45) is 4.43. The summed E-state index contributed by atoms with van der Waals surface area (Å²) in [6, 6.07) is 3.31. The molecule has 124 valence electrons. The SMILES string of the molecule is O=C(O)CC1CN(C(=O)c2ccnc(OC3CCC3)c2)CCO1. The molecule has 2 aliphatic rings. The van der Waals surface area contributed by atoms with Crippen molar-refractivity contribution in [2.75, 3.05) is 19.7 Å². The Morgan fingerprint density at radius 2 is 2.26 bits per heavy atom. The molecule has 7 nitrogen and oxygen atoms in total. The molecule has 23 heavy (non-hydrogen) atoms. The van der Waals surface area contributed by atoms with E-state index in [1.54, 1.807) is 23.2 Å². The van der Waals surface area contributed by atoms with E-state index in [4.69, 9.17) is 14.6 Å². The zero-order valence-electron chi connectivity index (χ0n) is 12.8. The van der Waals surface area contributed by atoms with E-state index in [-0.39, 0.29) is 25.0 Å². The third-order valence-corrected chi connectivity index (χ3v) is 4.15. The summed E-state index contributed by atoms with van der Waals surface area (Å²) in [7, 11) is 0. The van der Waals surface area contributed by atoms with E-state index < -0.39 is 12.1 Å². The fraction of sp³-hybridized carbons (Fsp3) is 0.562. The smallest absolute Gasteiger partial charge is 0.306 e. The Bertz CT molecular complexity index is 588. The number of pyridine rings is 1. The molecule has 0 radical (unpaired) electrons. The summed E-state index contributed by atoms with van der Waals surface area (Å²) < 4.78 is 11.1. The van der Waals surface area contributed by atoms with Crippen molar-refractivity contribution < 1.29 is 24.2 Å². The molecule has 1 atom stereocenters. The van der Waals surface area contributed by atoms with Crippen LogP contribution in [0.1, 0.15) is 36.0 Å². The Morgan fingerprint density at radius 3 is 2.96 bits per heavy atom. The predicted octanol–water partition coefficient (Wildman–Crippen LogP) is 1.33. The Balaban J connectivity index is 1.64. The van der Waals surface area contributed by atoms with Crippen molar-refractivity contribution in [3.8, 4) is 5.88 Å². The highest BCUT2D eigenvalue weighted by atomic mass is 16.5. The molecule has 2 heterocycles. The Hall–Kier alpha value is -2.15. The molecule has 1 aliphatic heterocycles. The standard InChI is InChI=1S/C16H20N2O5/c19-15(20)9-13-10-18(6-7-22-13)16(21)11-4-5-17-14(8-11)23-12-2-1-3-12/h4-5,8,12-13H,1-3,6-7,9-10H2,(H,19,20). The Kier molecular flexibility index (Phi) is 4.76. The topological polar surface area (TPSA) is 89.0 Å². The number of aliphatic carboxylic acids is 1. The second kappa shape index (κ2) is 6.95. The number of morpholine rings is 1. The molecule has 1 saturated carbocycles. The van der Waals surface area contributed by atoms with Crippen molar-refractivity contribution >= 4 is 11.9 Å². The second-order valence-corrected chi connectivity index (χ2v) is 5.90. The molecule has 1 aromatic heterocycles. The normalized spacial score (nSPS) is 21.6. The molecule has 1 unspecified atom stereocenters. The van der Waals surface area contributed by atoms with Gasteiger partial charge in [-0.05, 0) is 25.3 Å². The number of amides is 1. The molecule has 1 amide bonds. The van der Waals surface area contributed by atoms with Crippen LogP contribution in [0, 0.1) is 0 Å². The summed E-state index contributed by atoms with van der Waals surface area (Å²) in [5, 5.41) is 8.85. The number of hydrogen-bond donors (Lipinski definition) is 1. The predicted molar refractivity (Wildman–Crippen MR) is 80.4 cm³/mol. The molecule has 3 rings (SSSR count). The van der Waals surface area contributed by atoms with Gasteiger partial charge < -0.3 is 19.5 Å². The van der Waals surface area contributed by atoms with Gasteiger partial charge in [0, 0.05) is 30.9 Å². The van der Waals surface area contributed by atoms with E-state index >= 15 is 0 Å². The van der Waals surface area contributed by atoms with Crippen LogP contribution in [0.3, 0.4) is 0 Å². The average molecular weight is 320 g/mol. The zero-order chi connectivity index (χ0) is 16.2. The number of aromatic nitrogens is 1. The van der Waals surface area contributed by atoms with Gasteiger partial charge in [-0.25, -0.2) is 4.98 Å². The van der Waals surface area contributed by atoms with Crippen LogP contribution in [-0.2, 0) is 9.53 Å². The summed E-state index contributed by atoms with van der Waals surface area (Å²) in [5.41, 5.74) is 0.505. The lowest BCUT2D eigenvalue weighted by molar-refractivity contribution is -0.141. The second-order valence-electron chi connectivity index (χ2n) is 5.90. The largest absolute Gasteiger partial charge is 0.481 e. The van der Waals surface area contributed by atoms with Crippen LogP contribution in [-0.4, -0.2) is 58.8 Å². The Labute approximate surface area is 134 Å². The van der Waals surface area contributed by atoms with E-state index in [9.17, 15) is 9.59 Å². The molecular weight excluding hydrogens is 300 g/mol. The van der Waals surface area contributed by atoms with Gasteiger partial charge in [-0.1, -0.05) is 0 Å². The first-order valence-electron chi connectivity index (χ1n) is 7.87. The maximum atomic E-state index is 12.6. The third kappa shape index (κ3) is 3.98. The lowest BCUT2D eigenvalue weighted by atomic mass is 9.96. The first-order valence-corrected chi connectivity index (χ1v) is 7.87. The van der Waals surface area contributed by atoms with Crippen molar-refractivity contribution in [3.05, 3.63) is 23.9 Å². The van der Waals surface area contributed by atoms with E-state index in [1.807, 2.05) is 0 Å². The Morgan fingerprint density at radius 1 is 1.43 bits per heavy atom. The average Bonchev–Trinajstić information content (AvgIpc) is 2.50. The van der Waals surface area contributed by atoms with Crippen molar-refractivity contribution in [2.24, 2.45) is 0 Å². The molecule has 0 bridgehead atoms. The molecule has 0 spiro atoms. The van der Waals surface area contributed by atoms with Crippen LogP contribution >= 0.6 is 0 Å². The van der Waals surface area contributed by atoms with Crippen LogP contribution in [0.4, 0.5) is 0 Å². The number of rotatable bonds is 5. The van der Waals surface area contributed by atoms with Crippen LogP contribution < -0.4 is 4.74 Å². The molecule has 1 N–H and O–H groups in total. The first-order chi connectivity index (χ1) is 11.1. The summed E-state index contributed by atoms with van der Waals surface area (Å²) in [5.74, 6) is -0.607. The fourth-order valence-corrected chi connectivity index (χ4v) is 2.67. The minimum Gasteiger partial charge on any atom is -0.481 e. The molecule has 1 aromatic rings. The van der Waals surface area contributed by atoms with Gasteiger partial charge >= 0.3 is 5.97 Å². The lowest BCUT2D eigenvalue weighted by Gasteiger charge is -2.32. The summed E-state index contributed by atoms with van der Waals surface area (Å²) in [6.45, 7) is 1.09. The van der Waals surface area contributed by atoms with Crippen molar-refractivity contribution in [3.63, 3.8) is 0 Å². The third-order valence-electron chi connectivity index (χ3n) is 4.15. The number of ether oxygens (including phenoxy) is 2. The van der Waals surface area contributed by atoms with E-state index in [1.165, 1.54) is 6.42 Å². The monoisotopic (exact) mass is 320 g/mol. The zero-order valence-corrected chi connectivity index (χ0v) is 12.8. The van der Waals surface area contributed by atoms with E-state index in [0.29, 0.717) is 24.6 Å². The van der Waals surface area contributed by atoms with Gasteiger partial charge in [0.25, 0.3) is 5.91 Å². The highest BCUT2D eigenvalue weighted by Gasteiger charge is 2.27. The first kappa shape index (κ1) is 15.7.